The molecule has 0 spiro atoms. The van der Waals surface area contributed by atoms with Crippen molar-refractivity contribution in [3.05, 3.63) is 114 Å². The average molecular weight is 2080 g/mol. The zero-order chi connectivity index (χ0) is 111. The summed E-state index contributed by atoms with van der Waals surface area (Å²) in [7, 11) is 0. The SMILES string of the molecule is CC(=O)N[C@@H](CC(C)C)C(=O)C(=O)[C@@H](NN[C@@H](Cc1ccccc1)C(=O)N[C@]1(C)CCCCCCC=CCCC[C@@](C)(C(=O)CN[C@@H](C)C(=O)CNC(C)(C)C(=O)CN[C@@H](C)C(=O)CCN[C@@H](C)C(=O)CCC(=O)[C@H](C)NCN[C@H](C)C(N)=O)NC(=O)[C@H](CC(C)C)NN[C@@H](CCC(N)=O)C(=O)CN[C@@H](C)C(=O)CC(=O)[C@H](Cc2c[nH]c3ccccc23)NN[C@@H](Cc2ccc(O)cc2)C(=O)N[C@@H](CCC(=O)O)C(=O)C1=O)[C@@H](C)O. The number of aromatic amines is 1. The molecule has 0 fully saturated rings. The molecule has 5 rings (SSSR count). The van der Waals surface area contributed by atoms with Crippen molar-refractivity contribution in [3.63, 3.8) is 0 Å². The molecule has 43 heteroatoms. The van der Waals surface area contributed by atoms with Crippen molar-refractivity contribution in [3.8, 4) is 5.75 Å². The summed E-state index contributed by atoms with van der Waals surface area (Å²) >= 11 is 0. The van der Waals surface area contributed by atoms with Gasteiger partial charge in [0.2, 0.25) is 58.6 Å². The van der Waals surface area contributed by atoms with Crippen LogP contribution in [-0.2, 0) is 115 Å². The number of ketones is 13. The van der Waals surface area contributed by atoms with Crippen molar-refractivity contribution in [1.82, 2.24) is 96.0 Å². The predicted octanol–water partition coefficient (Wildman–Crippen LogP) is 1.46. The van der Waals surface area contributed by atoms with Gasteiger partial charge in [0, 0.05) is 69.3 Å². The Morgan fingerprint density at radius 3 is 1.77 bits per heavy atom. The fourth-order valence-corrected chi connectivity index (χ4v) is 16.5. The maximum Gasteiger partial charge on any atom is 0.303 e. The summed E-state index contributed by atoms with van der Waals surface area (Å²) in [5.74, 6) is -15.6. The number of aromatic hydroxyl groups is 1. The van der Waals surface area contributed by atoms with Crippen LogP contribution >= 0.6 is 0 Å². The van der Waals surface area contributed by atoms with Gasteiger partial charge in [0.15, 0.2) is 40.5 Å². The van der Waals surface area contributed by atoms with E-state index < -0.39 is 239 Å². The minimum absolute atomic E-state index is 0.00113. The van der Waals surface area contributed by atoms with E-state index in [4.69, 9.17) is 11.5 Å². The molecule has 3 aromatic carbocycles. The lowest BCUT2D eigenvalue weighted by atomic mass is 9.84. The Morgan fingerprint density at radius 1 is 0.550 bits per heavy atom. The van der Waals surface area contributed by atoms with E-state index in [1.165, 1.54) is 58.9 Å². The molecule has 43 nitrogen and oxygen atoms in total. The maximum atomic E-state index is 15.7. The quantitative estimate of drug-likeness (QED) is 0.00978. The molecule has 2 heterocycles. The van der Waals surface area contributed by atoms with Crippen molar-refractivity contribution in [1.29, 1.82) is 0 Å². The van der Waals surface area contributed by atoms with Crippen LogP contribution in [0.25, 0.3) is 10.9 Å². The smallest absolute Gasteiger partial charge is 0.303 e. The Hall–Kier alpha value is -11.8. The van der Waals surface area contributed by atoms with Crippen molar-refractivity contribution < 1.29 is 111 Å². The largest absolute Gasteiger partial charge is 0.508 e. The number of nitrogens with two attached hydrogens (primary N) is 2. The summed E-state index contributed by atoms with van der Waals surface area (Å²) < 4.78 is 0. The number of para-hydroxylation sites is 1. The third-order valence-electron chi connectivity index (χ3n) is 26.6. The van der Waals surface area contributed by atoms with Gasteiger partial charge in [-0.15, -0.1) is 0 Å². The van der Waals surface area contributed by atoms with E-state index in [0.717, 1.165) is 0 Å². The highest BCUT2D eigenvalue weighted by molar-refractivity contribution is 6.43. The number of nitrogens with one attached hydrogen (secondary N) is 18. The number of benzene rings is 3. The molecule has 17 atom stereocenters. The second-order valence-corrected chi connectivity index (χ2v) is 40.8. The molecule has 25 N–H and O–H groups in total. The number of H-pyrrole nitrogens is 1. The second kappa shape index (κ2) is 64.0. The molecular weight excluding hydrogens is 1920 g/mol. The molecule has 0 unspecified atom stereocenters. The first-order valence-corrected chi connectivity index (χ1v) is 51.5. The lowest BCUT2D eigenvalue weighted by molar-refractivity contribution is -0.145. The van der Waals surface area contributed by atoms with E-state index in [0.29, 0.717) is 66.1 Å². The van der Waals surface area contributed by atoms with E-state index >= 15 is 28.8 Å². The molecule has 0 radical (unpaired) electrons. The van der Waals surface area contributed by atoms with E-state index in [2.05, 4.69) is 96.0 Å². The number of carboxylic acids is 1. The first kappa shape index (κ1) is 128. The van der Waals surface area contributed by atoms with Crippen LogP contribution in [-0.4, -0.2) is 284 Å². The van der Waals surface area contributed by atoms with E-state index in [9.17, 15) is 82.4 Å². The van der Waals surface area contributed by atoms with Gasteiger partial charge in [-0.05, 0) is 206 Å². The van der Waals surface area contributed by atoms with Crippen LogP contribution in [0.3, 0.4) is 0 Å². The minimum atomic E-state index is -2.20. The van der Waals surface area contributed by atoms with Crippen LogP contribution in [0, 0.1) is 11.8 Å². The van der Waals surface area contributed by atoms with Crippen LogP contribution in [0.1, 0.15) is 249 Å². The summed E-state index contributed by atoms with van der Waals surface area (Å²) in [5.41, 5.74) is 25.1. The predicted molar refractivity (Wildman–Crippen MR) is 559 cm³/mol. The molecule has 6 amide bonds. The van der Waals surface area contributed by atoms with Crippen LogP contribution in [0.4, 0.5) is 0 Å². The summed E-state index contributed by atoms with van der Waals surface area (Å²) in [5, 5.41) is 63.9. The molecule has 0 saturated heterocycles. The van der Waals surface area contributed by atoms with Gasteiger partial charge in [0.1, 0.15) is 47.0 Å². The van der Waals surface area contributed by atoms with Crippen LogP contribution in [0.2, 0.25) is 0 Å². The molecule has 1 aromatic heterocycles. The maximum absolute atomic E-state index is 15.7. The number of hydrogen-bond acceptors (Lipinski definition) is 35. The molecule has 0 bridgehead atoms. The minimum Gasteiger partial charge on any atom is -0.508 e. The fraction of sp³-hybridized carbons (Fsp3) is 0.604. The number of carboxylic acid groups (broad SMARTS) is 1. The number of hydrazine groups is 3. The molecule has 149 heavy (non-hydrogen) atoms. The fourth-order valence-electron chi connectivity index (χ4n) is 16.5. The first-order valence-electron chi connectivity index (χ1n) is 51.5. The molecule has 4 aromatic rings. The normalized spacial score (nSPS) is 21.5. The van der Waals surface area contributed by atoms with Gasteiger partial charge in [0.25, 0.3) is 0 Å². The van der Waals surface area contributed by atoms with Crippen LogP contribution in [0.15, 0.2) is 97.2 Å². The van der Waals surface area contributed by atoms with Crippen molar-refractivity contribution in [2.45, 2.75) is 359 Å². The zero-order valence-electron chi connectivity index (χ0n) is 89.0. The average Bonchev–Trinajstić information content (AvgIpc) is 1.54. The van der Waals surface area contributed by atoms with Crippen LogP contribution in [0.5, 0.6) is 5.75 Å². The van der Waals surface area contributed by atoms with Gasteiger partial charge in [-0.25, -0.2) is 32.6 Å². The number of rotatable bonds is 53. The highest BCUT2D eigenvalue weighted by Gasteiger charge is 2.46. The Labute approximate surface area is 872 Å². The second-order valence-electron chi connectivity index (χ2n) is 40.8. The van der Waals surface area contributed by atoms with Gasteiger partial charge >= 0.3 is 5.97 Å². The van der Waals surface area contributed by atoms with Gasteiger partial charge < -0.3 is 74.3 Å². The zero-order valence-corrected chi connectivity index (χ0v) is 89.0. The number of aliphatic hydroxyl groups excluding tert-OH is 1. The van der Waals surface area contributed by atoms with Gasteiger partial charge in [0.05, 0.1) is 110 Å². The summed E-state index contributed by atoms with van der Waals surface area (Å²) in [6.07, 6.45) is 2.95. The van der Waals surface area contributed by atoms with Crippen molar-refractivity contribution in [2.75, 3.05) is 39.4 Å². The molecule has 824 valence electrons. The number of hydrogen-bond donors (Lipinski definition) is 23. The summed E-state index contributed by atoms with van der Waals surface area (Å²) in [4.78, 5) is 282. The number of phenolic OH excluding ortho intramolecular Hbond substituents is 1. The topological polar surface area (TPSA) is 674 Å². The van der Waals surface area contributed by atoms with Gasteiger partial charge in [-0.2, -0.15) is 0 Å². The molecule has 1 aliphatic heterocycles. The summed E-state index contributed by atoms with van der Waals surface area (Å²) in [6.45, 7) is 23.6. The number of primary amides is 2. The Bertz CT molecular complexity index is 5220. The van der Waals surface area contributed by atoms with Gasteiger partial charge in [-0.3, -0.25) is 112 Å². The lowest BCUT2D eigenvalue weighted by Gasteiger charge is -2.33. The third kappa shape index (κ3) is 45.1. The number of Topliss-reactive ketones (excluding diaryl/α,β-unsaturated/α-hetero) is 13. The van der Waals surface area contributed by atoms with E-state index in [1.54, 1.807) is 123 Å². The monoisotopic (exact) mass is 2080 g/mol. The standard InChI is InChI=1S/C106H162N20O23/c1-61(2)49-80(117-70(12)128)96(142)98(144)95(69(11)127)126-125-83(51-71-31-25-24-26-32-71)103(149)120-106(16)47-30-23-21-19-17-18-20-22-29-46-105(15,92(138)59-112-67(9)89(135)57-116-104(13,14)91(137)58-111-64(6)86(132)45-48-109-63(5)84(130)41-42-85(131)65(7)114-60-115-68(10)100(108)146)119-102(148)81(50-62(3)4)123-121-77(39-43-93(107)139)90(136)56-110-66(8)87(133)54-88(134)79(53-73-55-113-76-34-28-27-33-75(73)76)122-124-82(52-72-35-37-74(129)38-36-72)101(147)118-78(40-44-94(140)141)97(143)99(106)145/h18,20,24-28,31-38,55,61-69,77-83,95,109-116,121-127,129H,17,19,21-23,29-30,39-54,56-60H2,1-16H3,(H2,107,139)(H2,108,146)(H,117,128)(H,118,147)(H,119,148)(H,120,149)(H,140,141)/t63-,64-,65-,66-,67-,68+,69+,77-,78-,79-,80-,81-,82-,83-,95-,105-,106+/m0/s1. The number of fused-ring (bicyclic) bond motifs is 1. The summed E-state index contributed by atoms with van der Waals surface area (Å²) in [6, 6.07) is 4.42. The Balaban J connectivity index is 1.48. The molecule has 0 aliphatic carbocycles. The Kier molecular flexibility index (Phi) is 54.8. The first-order chi connectivity index (χ1) is 70.1. The molecule has 0 saturated carbocycles. The van der Waals surface area contributed by atoms with Crippen molar-refractivity contribution in [2.24, 2.45) is 23.3 Å². The Morgan fingerprint density at radius 2 is 1.13 bits per heavy atom. The molecule has 1 aliphatic rings. The highest BCUT2D eigenvalue weighted by atomic mass is 16.4. The van der Waals surface area contributed by atoms with Crippen molar-refractivity contribution >= 4 is 127 Å². The number of allylic oxidation sites excluding steroid dienone is 2. The van der Waals surface area contributed by atoms with E-state index in [1.807, 2.05) is 26.0 Å². The number of carbonyl (C=O) groups excluding carboxylic acids is 19. The van der Waals surface area contributed by atoms with Crippen LogP contribution < -0.4 is 103 Å². The number of phenols is 1. The number of carbonyl (C=O) groups is 20. The van der Waals surface area contributed by atoms with Gasteiger partial charge in [-0.1, -0.05) is 120 Å². The van der Waals surface area contributed by atoms with E-state index in [-0.39, 0.29) is 145 Å². The number of aliphatic hydroxyl groups is 1. The highest BCUT2D eigenvalue weighted by Crippen LogP contribution is 2.26. The number of amides is 6. The molecular formula is C106H162N20O23. The number of aromatic nitrogens is 1. The third-order valence-corrected chi connectivity index (χ3v) is 26.6. The lowest BCUT2D eigenvalue weighted by Crippen LogP contribution is -2.65. The number of aliphatic carboxylic acids is 1.